The quantitative estimate of drug-likeness (QED) is 0.318. The first-order valence-corrected chi connectivity index (χ1v) is 11.2. The number of rotatable bonds is 8. The molecule has 0 unspecified atom stereocenters. The fourth-order valence-electron chi connectivity index (χ4n) is 4.55. The van der Waals surface area contributed by atoms with Crippen molar-refractivity contribution >= 4 is 12.4 Å². The average molecular weight is 436 g/mol. The van der Waals surface area contributed by atoms with Gasteiger partial charge in [0.05, 0.1) is 11.6 Å². The number of aldehydes is 1. The Balaban J connectivity index is 1.40. The van der Waals surface area contributed by atoms with Crippen LogP contribution in [0.15, 0.2) is 95.0 Å². The normalized spacial score (nSPS) is 12.8. The van der Waals surface area contributed by atoms with Crippen molar-refractivity contribution in [3.8, 4) is 5.75 Å². The number of allylic oxidation sites excluding steroid dienone is 1. The van der Waals surface area contributed by atoms with Crippen LogP contribution in [0.2, 0.25) is 0 Å². The second-order valence-corrected chi connectivity index (χ2v) is 8.26. The van der Waals surface area contributed by atoms with E-state index in [-0.39, 0.29) is 12.5 Å². The summed E-state index contributed by atoms with van der Waals surface area (Å²) >= 11 is 0. The van der Waals surface area contributed by atoms with Crippen molar-refractivity contribution in [3.63, 3.8) is 0 Å². The zero-order valence-corrected chi connectivity index (χ0v) is 18.3. The van der Waals surface area contributed by atoms with Gasteiger partial charge in [-0.1, -0.05) is 89.6 Å². The molecule has 0 saturated heterocycles. The van der Waals surface area contributed by atoms with Crippen molar-refractivity contribution in [1.82, 2.24) is 5.16 Å². The van der Waals surface area contributed by atoms with E-state index in [9.17, 15) is 4.79 Å². The highest BCUT2D eigenvalue weighted by atomic mass is 16.5. The molecule has 0 atom stereocenters. The summed E-state index contributed by atoms with van der Waals surface area (Å²) in [4.78, 5) is 10.7. The van der Waals surface area contributed by atoms with Crippen molar-refractivity contribution in [2.24, 2.45) is 0 Å². The summed E-state index contributed by atoms with van der Waals surface area (Å²) in [6.07, 6.45) is 5.56. The second kappa shape index (κ2) is 9.70. The van der Waals surface area contributed by atoms with Crippen LogP contribution in [0.25, 0.3) is 6.08 Å². The molecule has 0 bridgehead atoms. The molecule has 4 nitrogen and oxygen atoms in total. The number of hydrogen-bond acceptors (Lipinski definition) is 4. The third kappa shape index (κ3) is 4.65. The maximum Gasteiger partial charge on any atom is 0.157 e. The molecule has 3 aromatic carbocycles. The molecule has 1 aromatic heterocycles. The Hall–Kier alpha value is -3.92. The van der Waals surface area contributed by atoms with Gasteiger partial charge >= 0.3 is 0 Å². The Morgan fingerprint density at radius 2 is 1.64 bits per heavy atom. The van der Waals surface area contributed by atoms with E-state index >= 15 is 0 Å². The number of hydrogen-bond donors (Lipinski definition) is 0. The second-order valence-electron chi connectivity index (χ2n) is 8.26. The minimum atomic E-state index is 0.00670. The molecule has 1 aliphatic carbocycles. The monoisotopic (exact) mass is 435 g/mol. The first-order valence-electron chi connectivity index (χ1n) is 11.2. The molecular formula is C29H25NO3. The molecule has 0 spiro atoms. The van der Waals surface area contributed by atoms with E-state index in [0.29, 0.717) is 0 Å². The molecule has 1 aliphatic rings. The van der Waals surface area contributed by atoms with Crippen LogP contribution >= 0.6 is 0 Å². The van der Waals surface area contributed by atoms with Crippen LogP contribution in [0.4, 0.5) is 0 Å². The number of aromatic nitrogens is 1. The van der Waals surface area contributed by atoms with Gasteiger partial charge in [-0.3, -0.25) is 4.79 Å². The molecular weight excluding hydrogens is 410 g/mol. The summed E-state index contributed by atoms with van der Waals surface area (Å²) < 4.78 is 11.5. The zero-order valence-electron chi connectivity index (χ0n) is 18.3. The smallest absolute Gasteiger partial charge is 0.157 e. The average Bonchev–Trinajstić information content (AvgIpc) is 3.31. The Labute approximate surface area is 193 Å². The van der Waals surface area contributed by atoms with Gasteiger partial charge < -0.3 is 9.26 Å². The lowest BCUT2D eigenvalue weighted by atomic mass is 9.88. The number of nitrogens with zero attached hydrogens (tertiary/aromatic N) is 1. The molecule has 0 aliphatic heterocycles. The van der Waals surface area contributed by atoms with Gasteiger partial charge in [-0.05, 0) is 35.6 Å². The Bertz CT molecular complexity index is 1220. The van der Waals surface area contributed by atoms with Crippen molar-refractivity contribution < 1.29 is 14.1 Å². The largest absolute Gasteiger partial charge is 0.486 e. The van der Waals surface area contributed by atoms with Gasteiger partial charge in [0.15, 0.2) is 6.29 Å². The van der Waals surface area contributed by atoms with Crippen molar-refractivity contribution in [2.45, 2.75) is 25.2 Å². The summed E-state index contributed by atoms with van der Waals surface area (Å²) in [6.45, 7) is 0.0821. The predicted octanol–water partition coefficient (Wildman–Crippen LogP) is 6.00. The highest BCUT2D eigenvalue weighted by molar-refractivity contribution is 5.64. The van der Waals surface area contributed by atoms with E-state index < -0.39 is 0 Å². The number of benzene rings is 3. The number of ether oxygens (including phenoxy) is 1. The number of carbonyl (C=O) groups excluding carboxylic acids is 1. The molecule has 0 saturated carbocycles. The van der Waals surface area contributed by atoms with E-state index in [1.54, 1.807) is 0 Å². The zero-order chi connectivity index (χ0) is 22.5. The molecule has 33 heavy (non-hydrogen) atoms. The van der Waals surface area contributed by atoms with Gasteiger partial charge in [-0.2, -0.15) is 0 Å². The van der Waals surface area contributed by atoms with Crippen LogP contribution < -0.4 is 4.74 Å². The lowest BCUT2D eigenvalue weighted by molar-refractivity contribution is -0.109. The van der Waals surface area contributed by atoms with Crippen molar-refractivity contribution in [2.75, 3.05) is 6.61 Å². The Morgan fingerprint density at radius 1 is 0.909 bits per heavy atom. The van der Waals surface area contributed by atoms with Crippen LogP contribution in [-0.4, -0.2) is 18.0 Å². The van der Waals surface area contributed by atoms with E-state index in [0.717, 1.165) is 53.9 Å². The third-order valence-corrected chi connectivity index (χ3v) is 6.07. The number of carbonyl (C=O) groups is 1. The fraction of sp³-hybridized carbons (Fsp3) is 0.172. The molecule has 4 heteroatoms. The first kappa shape index (κ1) is 21.0. The SMILES string of the molecule is O=CCOc1cccc2c1CCC(Cc1cc(C(c3ccccc3)c3ccccc3)on1)=C2. The van der Waals surface area contributed by atoms with Crippen molar-refractivity contribution in [3.05, 3.63) is 124 Å². The predicted molar refractivity (Wildman–Crippen MR) is 128 cm³/mol. The topological polar surface area (TPSA) is 52.3 Å². The third-order valence-electron chi connectivity index (χ3n) is 6.07. The van der Waals surface area contributed by atoms with Gasteiger partial charge in [0, 0.05) is 18.1 Å². The van der Waals surface area contributed by atoms with Gasteiger partial charge in [0.25, 0.3) is 0 Å². The molecule has 5 rings (SSSR count). The molecule has 0 N–H and O–H groups in total. The molecule has 4 aromatic rings. The van der Waals surface area contributed by atoms with Crippen LogP contribution in [0.3, 0.4) is 0 Å². The van der Waals surface area contributed by atoms with E-state index in [4.69, 9.17) is 9.26 Å². The minimum Gasteiger partial charge on any atom is -0.486 e. The van der Waals surface area contributed by atoms with Crippen LogP contribution in [-0.2, 0) is 17.6 Å². The molecule has 0 radical (unpaired) electrons. The fourth-order valence-corrected chi connectivity index (χ4v) is 4.55. The Kier molecular flexibility index (Phi) is 6.16. The summed E-state index contributed by atoms with van der Waals surface area (Å²) in [6, 6.07) is 28.9. The summed E-state index contributed by atoms with van der Waals surface area (Å²) in [5, 5.41) is 4.42. The first-order chi connectivity index (χ1) is 16.3. The van der Waals surface area contributed by atoms with Gasteiger partial charge in [0.2, 0.25) is 0 Å². The molecule has 0 amide bonds. The van der Waals surface area contributed by atoms with Crippen LogP contribution in [0, 0.1) is 0 Å². The number of fused-ring (bicyclic) bond motifs is 1. The van der Waals surface area contributed by atoms with Crippen molar-refractivity contribution in [1.29, 1.82) is 0 Å². The van der Waals surface area contributed by atoms with Gasteiger partial charge in [-0.15, -0.1) is 0 Å². The van der Waals surface area contributed by atoms with Gasteiger partial charge in [-0.25, -0.2) is 0 Å². The maximum atomic E-state index is 10.7. The molecule has 1 heterocycles. The summed E-state index contributed by atoms with van der Waals surface area (Å²) in [7, 11) is 0. The van der Waals surface area contributed by atoms with Crippen LogP contribution in [0.1, 0.15) is 46.0 Å². The highest BCUT2D eigenvalue weighted by Crippen LogP contribution is 2.35. The summed E-state index contributed by atoms with van der Waals surface area (Å²) in [5.41, 5.74) is 6.92. The van der Waals surface area contributed by atoms with Gasteiger partial charge in [0.1, 0.15) is 18.1 Å². The van der Waals surface area contributed by atoms with E-state index in [1.165, 1.54) is 16.7 Å². The maximum absolute atomic E-state index is 10.7. The Morgan fingerprint density at radius 3 is 2.33 bits per heavy atom. The van der Waals surface area contributed by atoms with Crippen LogP contribution in [0.5, 0.6) is 5.75 Å². The minimum absolute atomic E-state index is 0.00670. The lowest BCUT2D eigenvalue weighted by Gasteiger charge is -2.19. The summed E-state index contributed by atoms with van der Waals surface area (Å²) in [5.74, 6) is 1.66. The van der Waals surface area contributed by atoms with E-state index in [1.807, 2.05) is 24.3 Å². The standard InChI is InChI=1S/C29H25NO3/c31-16-17-32-27-13-7-12-24-18-21(14-15-26(24)27)19-25-20-28(33-30-25)29(22-8-3-1-4-9-22)23-10-5-2-6-11-23/h1-13,16,18,20,29H,14-15,17,19H2. The molecule has 0 fully saturated rings. The highest BCUT2D eigenvalue weighted by Gasteiger charge is 2.22. The lowest BCUT2D eigenvalue weighted by Crippen LogP contribution is -2.06. The van der Waals surface area contributed by atoms with E-state index in [2.05, 4.69) is 71.9 Å². The molecule has 164 valence electrons.